The molecular weight excluding hydrogens is 521 g/mol. The fourth-order valence-electron chi connectivity index (χ4n) is 4.58. The first-order chi connectivity index (χ1) is 16.9. The number of rotatable bonds is 9. The molecule has 1 aliphatic rings. The smallest absolute Gasteiger partial charge is 0.244 e. The second-order valence-corrected chi connectivity index (χ2v) is 12.2. The van der Waals surface area contributed by atoms with Crippen molar-refractivity contribution in [2.24, 2.45) is 0 Å². The summed E-state index contributed by atoms with van der Waals surface area (Å²) in [5.41, 5.74) is 2.61. The molecule has 0 unspecified atom stereocenters. The zero-order valence-corrected chi connectivity index (χ0v) is 23.4. The predicted molar refractivity (Wildman–Crippen MR) is 145 cm³/mol. The average molecular weight is 555 g/mol. The molecule has 1 aliphatic carbocycles. The van der Waals surface area contributed by atoms with Crippen molar-refractivity contribution in [1.29, 1.82) is 0 Å². The monoisotopic (exact) mass is 553 g/mol. The topological polar surface area (TPSA) is 86.8 Å². The van der Waals surface area contributed by atoms with Crippen molar-refractivity contribution in [2.75, 3.05) is 17.1 Å². The first-order valence-electron chi connectivity index (χ1n) is 12.0. The van der Waals surface area contributed by atoms with E-state index < -0.39 is 28.5 Å². The van der Waals surface area contributed by atoms with Crippen LogP contribution in [-0.2, 0) is 26.2 Å². The summed E-state index contributed by atoms with van der Waals surface area (Å²) in [6.07, 6.45) is 5.02. The Balaban J connectivity index is 1.94. The zero-order valence-electron chi connectivity index (χ0n) is 21.1. The Labute approximate surface area is 223 Å². The van der Waals surface area contributed by atoms with Gasteiger partial charge in [-0.1, -0.05) is 60.3 Å². The summed E-state index contributed by atoms with van der Waals surface area (Å²) in [6, 6.07) is 9.71. The summed E-state index contributed by atoms with van der Waals surface area (Å²) in [5, 5.41) is 3.75. The van der Waals surface area contributed by atoms with Crippen molar-refractivity contribution in [1.82, 2.24) is 10.2 Å². The molecule has 7 nitrogen and oxygen atoms in total. The largest absolute Gasteiger partial charge is 0.352 e. The maximum atomic E-state index is 13.7. The molecule has 1 saturated carbocycles. The molecule has 0 aliphatic heterocycles. The SMILES string of the molecule is Cc1cccc(C)c1N(CC(=O)N(Cc1ccc(Cl)c(Cl)c1)[C@H](C)C(=O)NC1CCCC1)S(C)(=O)=O. The molecular formula is C26H33Cl2N3O4S. The number of anilines is 1. The van der Waals surface area contributed by atoms with Crippen LogP contribution in [0.4, 0.5) is 5.69 Å². The van der Waals surface area contributed by atoms with Gasteiger partial charge in [-0.3, -0.25) is 13.9 Å². The Morgan fingerprint density at radius 1 is 1.06 bits per heavy atom. The molecule has 0 radical (unpaired) electrons. The van der Waals surface area contributed by atoms with E-state index in [0.717, 1.165) is 47.4 Å². The minimum absolute atomic E-state index is 0.0688. The number of benzene rings is 2. The molecule has 1 N–H and O–H groups in total. The van der Waals surface area contributed by atoms with Crippen molar-refractivity contribution >= 4 is 50.7 Å². The van der Waals surface area contributed by atoms with Gasteiger partial charge in [0.2, 0.25) is 21.8 Å². The Hall–Kier alpha value is -2.29. The quantitative estimate of drug-likeness (QED) is 0.480. The molecule has 1 fully saturated rings. The predicted octanol–water partition coefficient (Wildman–Crippen LogP) is 4.85. The molecule has 1 atom stereocenters. The Morgan fingerprint density at radius 2 is 1.67 bits per heavy atom. The third-order valence-corrected chi connectivity index (χ3v) is 8.43. The molecule has 36 heavy (non-hydrogen) atoms. The van der Waals surface area contributed by atoms with Crippen LogP contribution in [0, 0.1) is 13.8 Å². The lowest BCUT2D eigenvalue weighted by atomic mass is 10.1. The van der Waals surface area contributed by atoms with Crippen LogP contribution in [0.1, 0.15) is 49.3 Å². The third kappa shape index (κ3) is 6.93. The summed E-state index contributed by atoms with van der Waals surface area (Å²) in [4.78, 5) is 28.2. The number of carbonyl (C=O) groups is 2. The summed E-state index contributed by atoms with van der Waals surface area (Å²) in [6.45, 7) is 4.89. The Bertz CT molecular complexity index is 1210. The first-order valence-corrected chi connectivity index (χ1v) is 14.6. The van der Waals surface area contributed by atoms with Crippen LogP contribution in [0.25, 0.3) is 0 Å². The highest BCUT2D eigenvalue weighted by molar-refractivity contribution is 7.92. The van der Waals surface area contributed by atoms with Gasteiger partial charge in [-0.2, -0.15) is 0 Å². The Kier molecular flexibility index (Phi) is 9.30. The lowest BCUT2D eigenvalue weighted by Crippen LogP contribution is -2.52. The molecule has 2 amide bonds. The van der Waals surface area contributed by atoms with Crippen LogP contribution in [0.2, 0.25) is 10.0 Å². The van der Waals surface area contributed by atoms with Gasteiger partial charge in [0, 0.05) is 12.6 Å². The summed E-state index contributed by atoms with van der Waals surface area (Å²) >= 11 is 12.2. The van der Waals surface area contributed by atoms with Crippen LogP contribution in [-0.4, -0.2) is 50.0 Å². The molecule has 0 heterocycles. The van der Waals surface area contributed by atoms with E-state index in [0.29, 0.717) is 21.3 Å². The first kappa shape index (κ1) is 28.3. The van der Waals surface area contributed by atoms with Crippen molar-refractivity contribution in [3.63, 3.8) is 0 Å². The van der Waals surface area contributed by atoms with Gasteiger partial charge < -0.3 is 10.2 Å². The molecule has 0 bridgehead atoms. The van der Waals surface area contributed by atoms with Gasteiger partial charge in [0.05, 0.1) is 22.0 Å². The normalized spacial score (nSPS) is 14.9. The molecule has 0 spiro atoms. The van der Waals surface area contributed by atoms with Crippen LogP contribution < -0.4 is 9.62 Å². The van der Waals surface area contributed by atoms with Crippen LogP contribution in [0.3, 0.4) is 0 Å². The average Bonchev–Trinajstić information content (AvgIpc) is 3.30. The number of para-hydroxylation sites is 1. The van der Waals surface area contributed by atoms with E-state index in [1.807, 2.05) is 6.07 Å². The number of hydrogen-bond acceptors (Lipinski definition) is 4. The number of nitrogens with zero attached hydrogens (tertiary/aromatic N) is 2. The molecule has 10 heteroatoms. The summed E-state index contributed by atoms with van der Waals surface area (Å²) in [5.74, 6) is -0.767. The van der Waals surface area contributed by atoms with E-state index in [2.05, 4.69) is 5.32 Å². The molecule has 196 valence electrons. The lowest BCUT2D eigenvalue weighted by molar-refractivity contribution is -0.139. The van der Waals surface area contributed by atoms with E-state index in [9.17, 15) is 18.0 Å². The van der Waals surface area contributed by atoms with Crippen LogP contribution in [0.5, 0.6) is 0 Å². The molecule has 2 aromatic carbocycles. The van der Waals surface area contributed by atoms with Crippen molar-refractivity contribution < 1.29 is 18.0 Å². The fourth-order valence-corrected chi connectivity index (χ4v) is 5.87. The van der Waals surface area contributed by atoms with Gasteiger partial charge in [-0.15, -0.1) is 0 Å². The number of amides is 2. The minimum Gasteiger partial charge on any atom is -0.352 e. The standard InChI is InChI=1S/C26H33Cl2N3O4S/c1-17-8-7-9-18(2)25(17)31(36(4,34)35)16-24(32)30(15-20-12-13-22(27)23(28)14-20)19(3)26(33)29-21-10-5-6-11-21/h7-9,12-14,19,21H,5-6,10-11,15-16H2,1-4H3,(H,29,33)/t19-/m1/s1. The maximum absolute atomic E-state index is 13.7. The summed E-state index contributed by atoms with van der Waals surface area (Å²) in [7, 11) is -3.79. The van der Waals surface area contributed by atoms with Gasteiger partial charge in [-0.25, -0.2) is 8.42 Å². The van der Waals surface area contributed by atoms with Crippen LogP contribution in [0.15, 0.2) is 36.4 Å². The second kappa shape index (κ2) is 11.8. The number of hydrogen-bond donors (Lipinski definition) is 1. The number of sulfonamides is 1. The van der Waals surface area contributed by atoms with E-state index in [-0.39, 0.29) is 18.5 Å². The number of aryl methyl sites for hydroxylation is 2. The number of carbonyl (C=O) groups excluding carboxylic acids is 2. The van der Waals surface area contributed by atoms with Crippen molar-refractivity contribution in [3.05, 3.63) is 63.1 Å². The maximum Gasteiger partial charge on any atom is 0.244 e. The van der Waals surface area contributed by atoms with Gasteiger partial charge in [0.15, 0.2) is 0 Å². The second-order valence-electron chi connectivity index (χ2n) is 9.45. The van der Waals surface area contributed by atoms with Gasteiger partial charge in [0.25, 0.3) is 0 Å². The van der Waals surface area contributed by atoms with Gasteiger partial charge in [-0.05, 0) is 62.4 Å². The minimum atomic E-state index is -3.79. The molecule has 2 aromatic rings. The lowest BCUT2D eigenvalue weighted by Gasteiger charge is -2.33. The van der Waals surface area contributed by atoms with E-state index in [1.165, 1.54) is 4.90 Å². The number of nitrogens with one attached hydrogen (secondary N) is 1. The van der Waals surface area contributed by atoms with E-state index in [4.69, 9.17) is 23.2 Å². The highest BCUT2D eigenvalue weighted by atomic mass is 35.5. The zero-order chi connectivity index (χ0) is 26.6. The van der Waals surface area contributed by atoms with Gasteiger partial charge >= 0.3 is 0 Å². The number of halogens is 2. The molecule has 0 saturated heterocycles. The Morgan fingerprint density at radius 3 is 2.22 bits per heavy atom. The van der Waals surface area contributed by atoms with Crippen molar-refractivity contribution in [3.8, 4) is 0 Å². The highest BCUT2D eigenvalue weighted by Crippen LogP contribution is 2.28. The third-order valence-electron chi connectivity index (χ3n) is 6.57. The highest BCUT2D eigenvalue weighted by Gasteiger charge is 2.32. The van der Waals surface area contributed by atoms with Crippen molar-refractivity contribution in [2.45, 2.75) is 65.1 Å². The van der Waals surface area contributed by atoms with E-state index in [1.54, 1.807) is 51.1 Å². The van der Waals surface area contributed by atoms with Gasteiger partial charge in [0.1, 0.15) is 12.6 Å². The fraction of sp³-hybridized carbons (Fsp3) is 0.462. The molecule has 3 rings (SSSR count). The molecule has 0 aromatic heterocycles. The van der Waals surface area contributed by atoms with E-state index >= 15 is 0 Å². The van der Waals surface area contributed by atoms with Crippen LogP contribution >= 0.6 is 23.2 Å². The summed E-state index contributed by atoms with van der Waals surface area (Å²) < 4.78 is 26.7.